The van der Waals surface area contributed by atoms with E-state index in [1.807, 2.05) is 0 Å². The normalized spacial score (nSPS) is 16.3. The number of rotatable bonds is 4. The predicted molar refractivity (Wildman–Crippen MR) is 63.6 cm³/mol. The van der Waals surface area contributed by atoms with Crippen LogP contribution in [0.4, 0.5) is 0 Å². The molecule has 0 spiro atoms. The average molecular weight is 299 g/mol. The van der Waals surface area contributed by atoms with Crippen LogP contribution in [0.1, 0.15) is 23.3 Å². The first-order valence-electron chi connectivity index (χ1n) is 5.18. The van der Waals surface area contributed by atoms with Gasteiger partial charge in [0.25, 0.3) is 5.91 Å². The van der Waals surface area contributed by atoms with E-state index in [-0.39, 0.29) is 18.1 Å². The highest BCUT2D eigenvalue weighted by molar-refractivity contribution is 9.10. The largest absolute Gasteiger partial charge is 0.481 e. The van der Waals surface area contributed by atoms with Crippen molar-refractivity contribution in [3.63, 3.8) is 0 Å². The summed E-state index contributed by atoms with van der Waals surface area (Å²) >= 11 is 3.17. The lowest BCUT2D eigenvalue weighted by Gasteiger charge is -2.10. The summed E-state index contributed by atoms with van der Waals surface area (Å²) in [5, 5.41) is 11.6. The van der Waals surface area contributed by atoms with E-state index in [9.17, 15) is 9.59 Å². The molecule has 0 aliphatic heterocycles. The van der Waals surface area contributed by atoms with Gasteiger partial charge in [-0.15, -0.1) is 0 Å². The van der Waals surface area contributed by atoms with Crippen LogP contribution in [0.5, 0.6) is 0 Å². The summed E-state index contributed by atoms with van der Waals surface area (Å²) in [5.74, 6) is -1.20. The first-order valence-corrected chi connectivity index (χ1v) is 5.97. The average Bonchev–Trinajstić information content (AvgIpc) is 3.07. The van der Waals surface area contributed by atoms with Crippen LogP contribution < -0.4 is 5.32 Å². The van der Waals surface area contributed by atoms with Crippen LogP contribution >= 0.6 is 15.9 Å². The van der Waals surface area contributed by atoms with Gasteiger partial charge in [-0.05, 0) is 40.9 Å². The number of nitrogens with one attached hydrogen (secondary N) is 1. The van der Waals surface area contributed by atoms with Crippen molar-refractivity contribution < 1.29 is 14.7 Å². The SMILES string of the molecule is O=C(NCC1(C(=O)O)CC1)c1cccc(Br)n1. The third kappa shape index (κ3) is 2.63. The highest BCUT2D eigenvalue weighted by Gasteiger charge is 2.50. The van der Waals surface area contributed by atoms with Gasteiger partial charge in [-0.3, -0.25) is 9.59 Å². The van der Waals surface area contributed by atoms with E-state index < -0.39 is 11.4 Å². The van der Waals surface area contributed by atoms with Gasteiger partial charge in [0.1, 0.15) is 10.3 Å². The van der Waals surface area contributed by atoms with Crippen LogP contribution in [0.15, 0.2) is 22.8 Å². The maximum absolute atomic E-state index is 11.7. The zero-order valence-electron chi connectivity index (χ0n) is 8.94. The highest BCUT2D eigenvalue weighted by Crippen LogP contribution is 2.45. The van der Waals surface area contributed by atoms with Crippen molar-refractivity contribution in [3.05, 3.63) is 28.5 Å². The number of carbonyl (C=O) groups is 2. The predicted octanol–water partition coefficient (Wildman–Crippen LogP) is 1.44. The van der Waals surface area contributed by atoms with Crippen LogP contribution in [-0.2, 0) is 4.79 Å². The van der Waals surface area contributed by atoms with Gasteiger partial charge in [0.05, 0.1) is 5.41 Å². The lowest BCUT2D eigenvalue weighted by atomic mass is 10.1. The van der Waals surface area contributed by atoms with Crippen molar-refractivity contribution in [1.29, 1.82) is 0 Å². The van der Waals surface area contributed by atoms with E-state index in [0.717, 1.165) is 0 Å². The van der Waals surface area contributed by atoms with E-state index in [1.54, 1.807) is 18.2 Å². The molecule has 1 heterocycles. The van der Waals surface area contributed by atoms with E-state index in [4.69, 9.17) is 5.11 Å². The Hall–Kier alpha value is -1.43. The molecule has 1 fully saturated rings. The maximum atomic E-state index is 11.7. The Labute approximate surface area is 106 Å². The Morgan fingerprint density at radius 1 is 1.47 bits per heavy atom. The van der Waals surface area contributed by atoms with Crippen LogP contribution in [0.25, 0.3) is 0 Å². The summed E-state index contributed by atoms with van der Waals surface area (Å²) in [5.41, 5.74) is -0.470. The Bertz CT molecular complexity index is 472. The molecule has 0 radical (unpaired) electrons. The van der Waals surface area contributed by atoms with Crippen molar-refractivity contribution in [1.82, 2.24) is 10.3 Å². The second kappa shape index (κ2) is 4.44. The van der Waals surface area contributed by atoms with Gasteiger partial charge in [-0.2, -0.15) is 0 Å². The fraction of sp³-hybridized carbons (Fsp3) is 0.364. The van der Waals surface area contributed by atoms with Crippen LogP contribution in [0.2, 0.25) is 0 Å². The minimum atomic E-state index is -0.847. The second-order valence-corrected chi connectivity index (χ2v) is 4.93. The molecule has 1 aromatic heterocycles. The number of hydrogen-bond acceptors (Lipinski definition) is 3. The Morgan fingerprint density at radius 3 is 2.71 bits per heavy atom. The molecule has 90 valence electrons. The molecule has 17 heavy (non-hydrogen) atoms. The van der Waals surface area contributed by atoms with Gasteiger partial charge in [0, 0.05) is 6.54 Å². The minimum Gasteiger partial charge on any atom is -0.481 e. The van der Waals surface area contributed by atoms with Gasteiger partial charge < -0.3 is 10.4 Å². The first-order chi connectivity index (χ1) is 8.03. The van der Waals surface area contributed by atoms with Gasteiger partial charge in [-0.1, -0.05) is 6.07 Å². The third-order valence-electron chi connectivity index (χ3n) is 2.84. The van der Waals surface area contributed by atoms with Crippen LogP contribution in [0, 0.1) is 5.41 Å². The molecule has 1 amide bonds. The van der Waals surface area contributed by atoms with Crippen molar-refractivity contribution in [3.8, 4) is 0 Å². The summed E-state index contributed by atoms with van der Waals surface area (Å²) in [6.07, 6.45) is 1.24. The van der Waals surface area contributed by atoms with Gasteiger partial charge in [0.15, 0.2) is 0 Å². The Morgan fingerprint density at radius 2 is 2.18 bits per heavy atom. The summed E-state index contributed by atoms with van der Waals surface area (Å²) in [7, 11) is 0. The molecule has 0 aromatic carbocycles. The highest BCUT2D eigenvalue weighted by atomic mass is 79.9. The molecule has 1 aliphatic rings. The zero-order valence-corrected chi connectivity index (χ0v) is 10.5. The van der Waals surface area contributed by atoms with Crippen molar-refractivity contribution in [2.45, 2.75) is 12.8 Å². The number of hydrogen-bond donors (Lipinski definition) is 2. The smallest absolute Gasteiger partial charge is 0.311 e. The number of pyridine rings is 1. The van der Waals surface area contributed by atoms with Crippen LogP contribution in [0.3, 0.4) is 0 Å². The number of carboxylic acids is 1. The van der Waals surface area contributed by atoms with E-state index in [1.165, 1.54) is 0 Å². The van der Waals surface area contributed by atoms with E-state index in [2.05, 4.69) is 26.2 Å². The summed E-state index contributed by atoms with van der Waals surface area (Å²) in [6, 6.07) is 5.01. The molecule has 0 atom stereocenters. The molecule has 0 saturated heterocycles. The molecule has 1 aromatic rings. The maximum Gasteiger partial charge on any atom is 0.311 e. The summed E-state index contributed by atoms with van der Waals surface area (Å²) in [4.78, 5) is 26.6. The molecule has 1 aliphatic carbocycles. The topological polar surface area (TPSA) is 79.3 Å². The fourth-order valence-corrected chi connectivity index (χ4v) is 1.84. The Kier molecular flexibility index (Phi) is 3.15. The molecule has 0 unspecified atom stereocenters. The second-order valence-electron chi connectivity index (χ2n) is 4.11. The number of carboxylic acid groups (broad SMARTS) is 1. The number of carbonyl (C=O) groups excluding carboxylic acids is 1. The standard InChI is InChI=1S/C11H11BrN2O3/c12-8-3-1-2-7(14-8)9(15)13-6-11(4-5-11)10(16)17/h1-3H,4-6H2,(H,13,15)(H,16,17). The number of aromatic nitrogens is 1. The molecule has 2 rings (SSSR count). The number of halogens is 1. The molecular weight excluding hydrogens is 288 g/mol. The number of aliphatic carboxylic acids is 1. The summed E-state index contributed by atoms with van der Waals surface area (Å²) in [6.45, 7) is 0.162. The van der Waals surface area contributed by atoms with Crippen molar-refractivity contribution in [2.75, 3.05) is 6.54 Å². The third-order valence-corrected chi connectivity index (χ3v) is 3.28. The molecule has 0 bridgehead atoms. The van der Waals surface area contributed by atoms with Gasteiger partial charge in [-0.25, -0.2) is 4.98 Å². The lowest BCUT2D eigenvalue weighted by molar-refractivity contribution is -0.143. The molecule has 6 heteroatoms. The molecular formula is C11H11BrN2O3. The summed E-state index contributed by atoms with van der Waals surface area (Å²) < 4.78 is 0.574. The van der Waals surface area contributed by atoms with E-state index >= 15 is 0 Å². The lowest BCUT2D eigenvalue weighted by Crippen LogP contribution is -2.34. The number of amides is 1. The van der Waals surface area contributed by atoms with Gasteiger partial charge >= 0.3 is 5.97 Å². The van der Waals surface area contributed by atoms with Gasteiger partial charge in [0.2, 0.25) is 0 Å². The minimum absolute atomic E-state index is 0.162. The molecule has 1 saturated carbocycles. The fourth-order valence-electron chi connectivity index (χ4n) is 1.49. The monoisotopic (exact) mass is 298 g/mol. The van der Waals surface area contributed by atoms with E-state index in [0.29, 0.717) is 17.4 Å². The molecule has 5 nitrogen and oxygen atoms in total. The quantitative estimate of drug-likeness (QED) is 0.825. The molecule has 2 N–H and O–H groups in total. The Balaban J connectivity index is 1.96. The van der Waals surface area contributed by atoms with Crippen molar-refractivity contribution in [2.24, 2.45) is 5.41 Å². The first kappa shape index (κ1) is 12.0. The van der Waals surface area contributed by atoms with Crippen LogP contribution in [-0.4, -0.2) is 28.5 Å². The van der Waals surface area contributed by atoms with Crippen molar-refractivity contribution >= 4 is 27.8 Å². The number of nitrogens with zero attached hydrogens (tertiary/aromatic N) is 1. The zero-order chi connectivity index (χ0) is 12.5.